The molecule has 0 saturated carbocycles. The van der Waals surface area contributed by atoms with Crippen molar-refractivity contribution in [2.24, 2.45) is 0 Å². The van der Waals surface area contributed by atoms with Crippen molar-refractivity contribution in [1.29, 1.82) is 0 Å². The lowest BCUT2D eigenvalue weighted by Gasteiger charge is -2.47. The number of hydrogen-bond donors (Lipinski definition) is 2. The highest BCUT2D eigenvalue weighted by Gasteiger charge is 2.42. The number of halogens is 6. The number of likely N-dealkylation sites (tertiary alicyclic amines) is 1. The molecule has 9 nitrogen and oxygen atoms in total. The molecule has 37 heavy (non-hydrogen) atoms. The number of carboxylic acids is 2. The number of hydrogen-bond acceptors (Lipinski definition) is 7. The largest absolute Gasteiger partial charge is 0.490 e. The van der Waals surface area contributed by atoms with Gasteiger partial charge in [0.1, 0.15) is 6.61 Å². The molecule has 0 unspecified atom stereocenters. The molecule has 1 amide bonds. The van der Waals surface area contributed by atoms with Gasteiger partial charge in [0.25, 0.3) is 0 Å². The smallest absolute Gasteiger partial charge is 0.475 e. The number of carbonyl (C=O) groups is 3. The standard InChI is InChI=1S/C17H27N3O2S.2C2HF3O2/c1-18(2)9-10-20-14-17(22-13-16(20)21)5-7-19(8-6-17)12-15-4-3-11-23-15;2*3-2(4,5)1(6)7/h3-4,11H,5-10,12-14H2,1-2H3;2*(H,6,7). The molecule has 0 radical (unpaired) electrons. The first kappa shape index (κ1) is 32.6. The molecule has 2 saturated heterocycles. The number of amides is 1. The topological polar surface area (TPSA) is 111 Å². The Morgan fingerprint density at radius 2 is 1.59 bits per heavy atom. The van der Waals surface area contributed by atoms with Gasteiger partial charge in [-0.25, -0.2) is 9.59 Å². The molecule has 212 valence electrons. The van der Waals surface area contributed by atoms with Crippen LogP contribution in [0.2, 0.25) is 0 Å². The summed E-state index contributed by atoms with van der Waals surface area (Å²) in [5.41, 5.74) is -0.119. The van der Waals surface area contributed by atoms with Crippen LogP contribution in [-0.4, -0.2) is 114 Å². The zero-order chi connectivity index (χ0) is 28.4. The normalized spacial score (nSPS) is 18.1. The molecule has 2 fully saturated rings. The van der Waals surface area contributed by atoms with E-state index in [1.807, 2.05) is 30.3 Å². The third-order valence-corrected chi connectivity index (χ3v) is 6.22. The monoisotopic (exact) mass is 565 g/mol. The Hall–Kier alpha value is -2.43. The van der Waals surface area contributed by atoms with Gasteiger partial charge in [-0.3, -0.25) is 9.69 Å². The summed E-state index contributed by atoms with van der Waals surface area (Å²) in [6.45, 7) is 5.85. The SMILES string of the molecule is CN(C)CCN1CC2(CCN(Cc3cccs3)CC2)OCC1=O.O=C(O)C(F)(F)F.O=C(O)C(F)(F)F. The minimum absolute atomic E-state index is 0.119. The van der Waals surface area contributed by atoms with Gasteiger partial charge in [-0.05, 0) is 38.4 Å². The molecule has 1 aromatic heterocycles. The molecule has 2 N–H and O–H groups in total. The maximum atomic E-state index is 12.1. The molecule has 1 aromatic rings. The summed E-state index contributed by atoms with van der Waals surface area (Å²) in [4.78, 5) is 37.9. The van der Waals surface area contributed by atoms with Crippen molar-refractivity contribution in [3.8, 4) is 0 Å². The summed E-state index contributed by atoms with van der Waals surface area (Å²) in [6.07, 6.45) is -8.13. The van der Waals surface area contributed by atoms with E-state index < -0.39 is 24.3 Å². The van der Waals surface area contributed by atoms with Crippen LogP contribution >= 0.6 is 11.3 Å². The molecule has 0 aromatic carbocycles. The van der Waals surface area contributed by atoms with Gasteiger partial charge in [0.2, 0.25) is 5.91 Å². The first-order chi connectivity index (χ1) is 16.9. The summed E-state index contributed by atoms with van der Waals surface area (Å²) in [6, 6.07) is 4.32. The van der Waals surface area contributed by atoms with Crippen molar-refractivity contribution in [1.82, 2.24) is 14.7 Å². The van der Waals surface area contributed by atoms with Crippen LogP contribution < -0.4 is 0 Å². The van der Waals surface area contributed by atoms with Gasteiger partial charge < -0.3 is 24.7 Å². The second kappa shape index (κ2) is 13.9. The molecular formula is C21H29F6N3O6S. The summed E-state index contributed by atoms with van der Waals surface area (Å²) in [7, 11) is 4.09. The third-order valence-electron chi connectivity index (χ3n) is 5.36. The Balaban J connectivity index is 0.000000404. The van der Waals surface area contributed by atoms with E-state index >= 15 is 0 Å². The number of likely N-dealkylation sites (N-methyl/N-ethyl adjacent to an activating group) is 1. The van der Waals surface area contributed by atoms with E-state index in [4.69, 9.17) is 24.5 Å². The van der Waals surface area contributed by atoms with Crippen molar-refractivity contribution in [2.75, 3.05) is 53.4 Å². The fourth-order valence-electron chi connectivity index (χ4n) is 3.36. The van der Waals surface area contributed by atoms with Crippen LogP contribution in [0.25, 0.3) is 0 Å². The quantitative estimate of drug-likeness (QED) is 0.525. The Morgan fingerprint density at radius 1 is 1.08 bits per heavy atom. The highest BCUT2D eigenvalue weighted by atomic mass is 32.1. The van der Waals surface area contributed by atoms with E-state index in [0.29, 0.717) is 0 Å². The zero-order valence-electron chi connectivity index (χ0n) is 20.1. The van der Waals surface area contributed by atoms with Gasteiger partial charge in [-0.1, -0.05) is 6.07 Å². The lowest BCUT2D eigenvalue weighted by atomic mass is 9.89. The summed E-state index contributed by atoms with van der Waals surface area (Å²) >= 11 is 1.82. The number of morpholine rings is 1. The minimum atomic E-state index is -5.08. The molecule has 0 aliphatic carbocycles. The number of nitrogens with zero attached hydrogens (tertiary/aromatic N) is 3. The molecule has 0 atom stereocenters. The van der Waals surface area contributed by atoms with Crippen molar-refractivity contribution in [2.45, 2.75) is 37.3 Å². The van der Waals surface area contributed by atoms with Crippen LogP contribution in [0.5, 0.6) is 0 Å². The molecule has 3 heterocycles. The van der Waals surface area contributed by atoms with Gasteiger partial charge in [-0.2, -0.15) is 26.3 Å². The number of carboxylic acid groups (broad SMARTS) is 2. The van der Waals surface area contributed by atoms with E-state index in [1.54, 1.807) is 0 Å². The van der Waals surface area contributed by atoms with Crippen molar-refractivity contribution in [3.05, 3.63) is 22.4 Å². The van der Waals surface area contributed by atoms with Crippen LogP contribution in [0.15, 0.2) is 17.5 Å². The van der Waals surface area contributed by atoms with Gasteiger partial charge in [0.05, 0.1) is 5.60 Å². The highest BCUT2D eigenvalue weighted by Crippen LogP contribution is 2.31. The van der Waals surface area contributed by atoms with Crippen LogP contribution in [0.4, 0.5) is 26.3 Å². The third kappa shape index (κ3) is 12.1. The van der Waals surface area contributed by atoms with Crippen LogP contribution in [0.1, 0.15) is 17.7 Å². The first-order valence-electron chi connectivity index (χ1n) is 10.9. The molecule has 2 aliphatic heterocycles. The Morgan fingerprint density at radius 3 is 2.00 bits per heavy atom. The predicted octanol–water partition coefficient (Wildman–Crippen LogP) is 2.77. The summed E-state index contributed by atoms with van der Waals surface area (Å²) in [5, 5.41) is 16.4. The van der Waals surface area contributed by atoms with Gasteiger partial charge in [0.15, 0.2) is 0 Å². The van der Waals surface area contributed by atoms with Crippen LogP contribution in [0.3, 0.4) is 0 Å². The van der Waals surface area contributed by atoms with E-state index in [2.05, 4.69) is 27.3 Å². The maximum Gasteiger partial charge on any atom is 0.490 e. The second-order valence-corrected chi connectivity index (χ2v) is 9.58. The second-order valence-electron chi connectivity index (χ2n) is 8.55. The Kier molecular flexibility index (Phi) is 12.3. The van der Waals surface area contributed by atoms with E-state index in [-0.39, 0.29) is 18.1 Å². The lowest BCUT2D eigenvalue weighted by molar-refractivity contribution is -0.193. The van der Waals surface area contributed by atoms with Crippen LogP contribution in [0, 0.1) is 0 Å². The predicted molar refractivity (Wildman–Crippen MR) is 120 cm³/mol. The first-order valence-corrected chi connectivity index (χ1v) is 11.7. The van der Waals surface area contributed by atoms with E-state index in [1.165, 1.54) is 4.88 Å². The molecule has 1 spiro atoms. The zero-order valence-corrected chi connectivity index (χ0v) is 21.0. The van der Waals surface area contributed by atoms with E-state index in [9.17, 15) is 31.1 Å². The van der Waals surface area contributed by atoms with E-state index in [0.717, 1.165) is 52.1 Å². The number of piperidine rings is 1. The van der Waals surface area contributed by atoms with Crippen molar-refractivity contribution in [3.63, 3.8) is 0 Å². The average molecular weight is 566 g/mol. The fourth-order valence-corrected chi connectivity index (χ4v) is 4.10. The number of carbonyl (C=O) groups excluding carboxylic acids is 1. The van der Waals surface area contributed by atoms with Gasteiger partial charge in [-0.15, -0.1) is 11.3 Å². The molecule has 3 rings (SSSR count). The average Bonchev–Trinajstić information content (AvgIpc) is 3.29. The molecular weight excluding hydrogens is 536 g/mol. The minimum Gasteiger partial charge on any atom is -0.475 e. The fraction of sp³-hybridized carbons (Fsp3) is 0.667. The van der Waals surface area contributed by atoms with Crippen molar-refractivity contribution < 1.29 is 55.7 Å². The van der Waals surface area contributed by atoms with Crippen LogP contribution in [-0.2, 0) is 25.7 Å². The lowest BCUT2D eigenvalue weighted by Crippen LogP contribution is -2.59. The number of thiophene rings is 1. The number of ether oxygens (including phenoxy) is 1. The maximum absolute atomic E-state index is 12.1. The number of rotatable bonds is 5. The highest BCUT2D eigenvalue weighted by molar-refractivity contribution is 7.09. The summed E-state index contributed by atoms with van der Waals surface area (Å²) in [5.74, 6) is -5.38. The number of aliphatic carboxylic acids is 2. The Bertz CT molecular complexity index is 847. The van der Waals surface area contributed by atoms with Gasteiger partial charge >= 0.3 is 24.3 Å². The number of alkyl halides is 6. The molecule has 0 bridgehead atoms. The molecule has 2 aliphatic rings. The Labute approximate surface area is 213 Å². The van der Waals surface area contributed by atoms with Crippen molar-refractivity contribution >= 4 is 29.2 Å². The summed E-state index contributed by atoms with van der Waals surface area (Å²) < 4.78 is 69.5. The van der Waals surface area contributed by atoms with Gasteiger partial charge in [0, 0.05) is 44.1 Å². The molecule has 16 heteroatoms.